The largest absolute Gasteiger partial charge is 0.354 e. The Labute approximate surface area is 167 Å². The lowest BCUT2D eigenvalue weighted by Crippen LogP contribution is -2.44. The van der Waals surface area contributed by atoms with Crippen LogP contribution in [0.15, 0.2) is 0 Å². The van der Waals surface area contributed by atoms with Gasteiger partial charge in [0.2, 0.25) is 0 Å². The summed E-state index contributed by atoms with van der Waals surface area (Å²) in [6.07, 6.45) is 6.14. The van der Waals surface area contributed by atoms with Crippen LogP contribution in [0.25, 0.3) is 0 Å². The Morgan fingerprint density at radius 2 is 0.769 bits per heavy atom. The first kappa shape index (κ1) is 26.3. The van der Waals surface area contributed by atoms with Crippen LogP contribution in [0.1, 0.15) is 80.1 Å². The molecule has 0 unspecified atom stereocenters. The van der Waals surface area contributed by atoms with E-state index in [0.717, 1.165) is 65.0 Å². The summed E-state index contributed by atoms with van der Waals surface area (Å²) in [7, 11) is -0.916. The van der Waals surface area contributed by atoms with Gasteiger partial charge in [-0.3, -0.25) is 0 Å². The molecule has 0 fully saturated rings. The molecule has 0 bridgehead atoms. The van der Waals surface area contributed by atoms with E-state index in [1.165, 1.54) is 12.1 Å². The predicted octanol–water partition coefficient (Wildman–Crippen LogP) is 3.99. The Balaban J connectivity index is 4.66. The van der Waals surface area contributed by atoms with E-state index in [0.29, 0.717) is 0 Å². The van der Waals surface area contributed by atoms with E-state index in [2.05, 4.69) is 41.5 Å². The van der Waals surface area contributed by atoms with Crippen LogP contribution in [0.3, 0.4) is 0 Å². The normalized spacial score (nSPS) is 13.6. The Bertz CT molecular complexity index is 270. The monoisotopic (exact) mass is 406 g/mol. The van der Waals surface area contributed by atoms with Crippen LogP contribution >= 0.6 is 0 Å². The van der Waals surface area contributed by atoms with E-state index in [1.807, 2.05) is 0 Å². The number of hydrogen-bond acceptors (Lipinski definition) is 4. The van der Waals surface area contributed by atoms with Gasteiger partial charge in [0.15, 0.2) is 0 Å². The van der Waals surface area contributed by atoms with E-state index in [4.69, 9.17) is 18.9 Å². The SMILES string of the molecule is CCCOC(CC)(OCCC)[SiH2]CC[SiH2]C(CC)(OCCC)OCCC. The molecule has 158 valence electrons. The molecule has 6 heteroatoms. The molecule has 0 heterocycles. The Hall–Kier alpha value is 0.274. The third-order valence-corrected chi connectivity index (χ3v) is 10.8. The smallest absolute Gasteiger partial charge is 0.144 e. The quantitative estimate of drug-likeness (QED) is 0.185. The second kappa shape index (κ2) is 16.2. The second-order valence-electron chi connectivity index (χ2n) is 7.13. The molecular weight excluding hydrogens is 360 g/mol. The third-order valence-electron chi connectivity index (χ3n) is 4.72. The molecule has 0 amide bonds. The van der Waals surface area contributed by atoms with Gasteiger partial charge < -0.3 is 18.9 Å². The highest BCUT2D eigenvalue weighted by Gasteiger charge is 2.32. The van der Waals surface area contributed by atoms with Crippen molar-refractivity contribution in [1.82, 2.24) is 0 Å². The fourth-order valence-corrected chi connectivity index (χ4v) is 8.01. The van der Waals surface area contributed by atoms with Gasteiger partial charge in [-0.05, 0) is 38.5 Å². The van der Waals surface area contributed by atoms with Crippen molar-refractivity contribution in [2.75, 3.05) is 26.4 Å². The van der Waals surface area contributed by atoms with Gasteiger partial charge in [0.05, 0.1) is 19.0 Å². The maximum Gasteiger partial charge on any atom is 0.144 e. The van der Waals surface area contributed by atoms with Crippen molar-refractivity contribution in [2.45, 2.75) is 103 Å². The van der Waals surface area contributed by atoms with E-state index in [9.17, 15) is 0 Å². The summed E-state index contributed by atoms with van der Waals surface area (Å²) in [5.41, 5.74) is -0.520. The zero-order chi connectivity index (χ0) is 19.7. The van der Waals surface area contributed by atoms with Gasteiger partial charge in [0.1, 0.15) is 10.8 Å². The Kier molecular flexibility index (Phi) is 16.4. The molecule has 0 aromatic carbocycles. The van der Waals surface area contributed by atoms with Crippen molar-refractivity contribution >= 4 is 19.0 Å². The summed E-state index contributed by atoms with van der Waals surface area (Å²) in [5, 5.41) is 0. The zero-order valence-electron chi connectivity index (χ0n) is 18.5. The Morgan fingerprint density at radius 1 is 0.500 bits per heavy atom. The third kappa shape index (κ3) is 10.6. The molecule has 0 saturated heterocycles. The molecular formula is C20H46O4Si2. The van der Waals surface area contributed by atoms with Crippen LogP contribution in [-0.2, 0) is 18.9 Å². The van der Waals surface area contributed by atoms with Crippen molar-refractivity contribution in [1.29, 1.82) is 0 Å². The van der Waals surface area contributed by atoms with Crippen molar-refractivity contribution in [3.05, 3.63) is 0 Å². The van der Waals surface area contributed by atoms with Gasteiger partial charge in [-0.1, -0.05) is 53.6 Å². The van der Waals surface area contributed by atoms with Gasteiger partial charge in [0, 0.05) is 26.4 Å². The minimum absolute atomic E-state index is 0.260. The maximum absolute atomic E-state index is 6.21. The summed E-state index contributed by atoms with van der Waals surface area (Å²) < 4.78 is 24.8. The van der Waals surface area contributed by atoms with Crippen molar-refractivity contribution in [3.63, 3.8) is 0 Å². The summed E-state index contributed by atoms with van der Waals surface area (Å²) in [6, 6.07) is 2.53. The van der Waals surface area contributed by atoms with Crippen LogP contribution < -0.4 is 0 Å². The van der Waals surface area contributed by atoms with Crippen molar-refractivity contribution in [2.24, 2.45) is 0 Å². The standard InChI is InChI=1S/C20H46O4Si2/c1-7-13-21-19(11-5,22-14-8-2)25-17-18-26-20(12-6,23-15-9-3)24-16-10-4/h7-18,25-26H2,1-6H3. The first-order valence-corrected chi connectivity index (χ1v) is 14.5. The van der Waals surface area contributed by atoms with Crippen molar-refractivity contribution < 1.29 is 18.9 Å². The molecule has 0 rings (SSSR count). The molecule has 0 N–H and O–H groups in total. The molecule has 0 radical (unpaired) electrons. The maximum atomic E-state index is 6.21. The topological polar surface area (TPSA) is 36.9 Å². The zero-order valence-corrected chi connectivity index (χ0v) is 21.4. The van der Waals surface area contributed by atoms with E-state index in [-0.39, 0.29) is 10.8 Å². The van der Waals surface area contributed by atoms with Crippen LogP contribution in [0.2, 0.25) is 12.1 Å². The summed E-state index contributed by atoms with van der Waals surface area (Å²) >= 11 is 0. The average Bonchev–Trinajstić information content (AvgIpc) is 2.68. The fraction of sp³-hybridized carbons (Fsp3) is 1.00. The van der Waals surface area contributed by atoms with Gasteiger partial charge in [-0.15, -0.1) is 0 Å². The minimum atomic E-state index is -0.458. The lowest BCUT2D eigenvalue weighted by molar-refractivity contribution is -0.183. The predicted molar refractivity (Wildman–Crippen MR) is 118 cm³/mol. The fourth-order valence-electron chi connectivity index (χ4n) is 3.07. The lowest BCUT2D eigenvalue weighted by atomic mass is 10.4. The van der Waals surface area contributed by atoms with Gasteiger partial charge >= 0.3 is 0 Å². The summed E-state index contributed by atoms with van der Waals surface area (Å²) in [5.74, 6) is 0. The summed E-state index contributed by atoms with van der Waals surface area (Å²) in [4.78, 5) is 0. The molecule has 0 aromatic heterocycles. The first-order valence-electron chi connectivity index (χ1n) is 11.1. The molecule has 0 aliphatic heterocycles. The van der Waals surface area contributed by atoms with Crippen LogP contribution in [0.4, 0.5) is 0 Å². The molecule has 0 aliphatic rings. The highest BCUT2D eigenvalue weighted by atomic mass is 28.2. The molecule has 0 spiro atoms. The van der Waals surface area contributed by atoms with Crippen LogP contribution in [-0.4, -0.2) is 56.3 Å². The lowest BCUT2D eigenvalue weighted by Gasteiger charge is -2.35. The average molecular weight is 407 g/mol. The number of rotatable bonds is 19. The Morgan fingerprint density at radius 3 is 0.962 bits per heavy atom. The molecule has 26 heavy (non-hydrogen) atoms. The molecule has 0 atom stereocenters. The molecule has 0 aromatic rings. The van der Waals surface area contributed by atoms with Gasteiger partial charge in [-0.2, -0.15) is 0 Å². The molecule has 4 nitrogen and oxygen atoms in total. The van der Waals surface area contributed by atoms with Crippen LogP contribution in [0, 0.1) is 0 Å². The highest BCUT2D eigenvalue weighted by Crippen LogP contribution is 2.23. The van der Waals surface area contributed by atoms with E-state index < -0.39 is 19.0 Å². The van der Waals surface area contributed by atoms with Gasteiger partial charge in [-0.25, -0.2) is 0 Å². The van der Waals surface area contributed by atoms with E-state index in [1.54, 1.807) is 0 Å². The van der Waals surface area contributed by atoms with Crippen LogP contribution in [0.5, 0.6) is 0 Å². The second-order valence-corrected chi connectivity index (χ2v) is 11.7. The van der Waals surface area contributed by atoms with Crippen molar-refractivity contribution in [3.8, 4) is 0 Å². The van der Waals surface area contributed by atoms with Gasteiger partial charge in [0.25, 0.3) is 0 Å². The molecule has 0 aliphatic carbocycles. The number of ether oxygens (including phenoxy) is 4. The number of hydrogen-bond donors (Lipinski definition) is 0. The first-order chi connectivity index (χ1) is 12.6. The minimum Gasteiger partial charge on any atom is -0.354 e. The highest BCUT2D eigenvalue weighted by molar-refractivity contribution is 6.45. The molecule has 0 saturated carbocycles. The summed E-state index contributed by atoms with van der Waals surface area (Å²) in [6.45, 7) is 16.3. The van der Waals surface area contributed by atoms with E-state index >= 15 is 0 Å².